The molecule has 1 N–H and O–H groups in total. The molecule has 1 aromatic rings. The predicted molar refractivity (Wildman–Crippen MR) is 66.5 cm³/mol. The minimum Gasteiger partial charge on any atom is -0.378 e. The SMILES string of the molecule is CNC(Cc1ccc(F)cc1)CC1CCCO1. The molecule has 3 heteroatoms. The fourth-order valence-corrected chi connectivity index (χ4v) is 2.36. The van der Waals surface area contributed by atoms with Crippen LogP contribution >= 0.6 is 0 Å². The van der Waals surface area contributed by atoms with E-state index in [1.54, 1.807) is 0 Å². The molecule has 94 valence electrons. The highest BCUT2D eigenvalue weighted by Gasteiger charge is 2.20. The molecule has 0 saturated carbocycles. The zero-order chi connectivity index (χ0) is 12.1. The number of hydrogen-bond acceptors (Lipinski definition) is 2. The number of nitrogens with one attached hydrogen (secondary N) is 1. The maximum Gasteiger partial charge on any atom is 0.123 e. The average molecular weight is 237 g/mol. The van der Waals surface area contributed by atoms with Crippen LogP contribution in [-0.2, 0) is 11.2 Å². The lowest BCUT2D eigenvalue weighted by Crippen LogP contribution is -2.31. The maximum atomic E-state index is 12.8. The van der Waals surface area contributed by atoms with Crippen LogP contribution in [0.1, 0.15) is 24.8 Å². The quantitative estimate of drug-likeness (QED) is 0.849. The summed E-state index contributed by atoms with van der Waals surface area (Å²) in [6, 6.07) is 7.16. The maximum absolute atomic E-state index is 12.8. The standard InChI is InChI=1S/C14H20FNO/c1-16-13(10-14-3-2-8-17-14)9-11-4-6-12(15)7-5-11/h4-7,13-14,16H,2-3,8-10H2,1H3. The second-order valence-electron chi connectivity index (χ2n) is 4.69. The van der Waals surface area contributed by atoms with Gasteiger partial charge in [0.15, 0.2) is 0 Å². The summed E-state index contributed by atoms with van der Waals surface area (Å²) in [5, 5.41) is 3.32. The Kier molecular flexibility index (Phi) is 4.51. The van der Waals surface area contributed by atoms with Gasteiger partial charge in [-0.2, -0.15) is 0 Å². The van der Waals surface area contributed by atoms with Crippen LogP contribution in [0.25, 0.3) is 0 Å². The molecule has 0 aliphatic carbocycles. The Morgan fingerprint density at radius 2 is 2.18 bits per heavy atom. The Morgan fingerprint density at radius 1 is 1.41 bits per heavy atom. The van der Waals surface area contributed by atoms with Crippen molar-refractivity contribution in [3.63, 3.8) is 0 Å². The topological polar surface area (TPSA) is 21.3 Å². The fraction of sp³-hybridized carbons (Fsp3) is 0.571. The first-order chi connectivity index (χ1) is 8.28. The largest absolute Gasteiger partial charge is 0.378 e. The number of benzene rings is 1. The molecular weight excluding hydrogens is 217 g/mol. The van der Waals surface area contributed by atoms with Crippen LogP contribution in [0.5, 0.6) is 0 Å². The van der Waals surface area contributed by atoms with Gasteiger partial charge >= 0.3 is 0 Å². The van der Waals surface area contributed by atoms with Gasteiger partial charge in [-0.25, -0.2) is 4.39 Å². The Bertz CT molecular complexity index is 333. The van der Waals surface area contributed by atoms with Gasteiger partial charge in [0.25, 0.3) is 0 Å². The summed E-state index contributed by atoms with van der Waals surface area (Å²) < 4.78 is 18.4. The van der Waals surface area contributed by atoms with Gasteiger partial charge in [-0.3, -0.25) is 0 Å². The molecule has 0 aromatic heterocycles. The van der Waals surface area contributed by atoms with Crippen LogP contribution in [0.3, 0.4) is 0 Å². The first-order valence-corrected chi connectivity index (χ1v) is 6.31. The molecule has 1 aliphatic heterocycles. The van der Waals surface area contributed by atoms with Gasteiger partial charge in [0.1, 0.15) is 5.82 Å². The number of halogens is 1. The molecule has 1 aromatic carbocycles. The van der Waals surface area contributed by atoms with E-state index >= 15 is 0 Å². The van der Waals surface area contributed by atoms with Crippen LogP contribution in [0, 0.1) is 5.82 Å². The molecule has 2 unspecified atom stereocenters. The van der Waals surface area contributed by atoms with Crippen molar-refractivity contribution in [2.24, 2.45) is 0 Å². The van der Waals surface area contributed by atoms with Crippen molar-refractivity contribution < 1.29 is 9.13 Å². The normalized spacial score (nSPS) is 21.6. The van der Waals surface area contributed by atoms with E-state index in [0.717, 1.165) is 19.4 Å². The molecule has 2 atom stereocenters. The van der Waals surface area contributed by atoms with Crippen molar-refractivity contribution in [2.75, 3.05) is 13.7 Å². The van der Waals surface area contributed by atoms with Gasteiger partial charge in [-0.05, 0) is 50.4 Å². The second-order valence-corrected chi connectivity index (χ2v) is 4.69. The molecule has 0 bridgehead atoms. The molecule has 0 radical (unpaired) electrons. The molecular formula is C14H20FNO. The molecule has 2 nitrogen and oxygen atoms in total. The Hall–Kier alpha value is -0.930. The van der Waals surface area contributed by atoms with Gasteiger partial charge in [-0.1, -0.05) is 12.1 Å². The van der Waals surface area contributed by atoms with Crippen molar-refractivity contribution in [1.29, 1.82) is 0 Å². The van der Waals surface area contributed by atoms with Crippen LogP contribution < -0.4 is 5.32 Å². The smallest absolute Gasteiger partial charge is 0.123 e. The zero-order valence-electron chi connectivity index (χ0n) is 10.3. The van der Waals surface area contributed by atoms with E-state index in [1.165, 1.54) is 30.5 Å². The average Bonchev–Trinajstić information content (AvgIpc) is 2.84. The van der Waals surface area contributed by atoms with Crippen LogP contribution in [0.2, 0.25) is 0 Å². The third-order valence-corrected chi connectivity index (χ3v) is 3.38. The first kappa shape index (κ1) is 12.5. The number of likely N-dealkylation sites (N-methyl/N-ethyl adjacent to an activating group) is 1. The highest BCUT2D eigenvalue weighted by atomic mass is 19.1. The van der Waals surface area contributed by atoms with E-state index in [9.17, 15) is 4.39 Å². The summed E-state index contributed by atoms with van der Waals surface area (Å²) in [7, 11) is 1.98. The summed E-state index contributed by atoms with van der Waals surface area (Å²) in [6.07, 6.45) is 4.71. The van der Waals surface area contributed by atoms with Crippen molar-refractivity contribution in [3.05, 3.63) is 35.6 Å². The van der Waals surface area contributed by atoms with E-state index in [2.05, 4.69) is 5.32 Å². The van der Waals surface area contributed by atoms with Crippen molar-refractivity contribution in [3.8, 4) is 0 Å². The number of rotatable bonds is 5. The van der Waals surface area contributed by atoms with Gasteiger partial charge in [0.2, 0.25) is 0 Å². The Balaban J connectivity index is 1.87. The molecule has 1 aliphatic rings. The minimum absolute atomic E-state index is 0.172. The van der Waals surface area contributed by atoms with Gasteiger partial charge in [0.05, 0.1) is 6.10 Å². The van der Waals surface area contributed by atoms with E-state index in [1.807, 2.05) is 19.2 Å². The van der Waals surface area contributed by atoms with Crippen molar-refractivity contribution in [1.82, 2.24) is 5.32 Å². The molecule has 0 amide bonds. The van der Waals surface area contributed by atoms with Gasteiger partial charge in [0, 0.05) is 12.6 Å². The van der Waals surface area contributed by atoms with Crippen LogP contribution in [-0.4, -0.2) is 25.8 Å². The first-order valence-electron chi connectivity index (χ1n) is 6.31. The lowest BCUT2D eigenvalue weighted by atomic mass is 9.99. The third kappa shape index (κ3) is 3.79. The number of hydrogen-bond donors (Lipinski definition) is 1. The molecule has 1 heterocycles. The molecule has 1 fully saturated rings. The van der Waals surface area contributed by atoms with E-state index in [-0.39, 0.29) is 5.82 Å². The van der Waals surface area contributed by atoms with Gasteiger partial charge < -0.3 is 10.1 Å². The third-order valence-electron chi connectivity index (χ3n) is 3.38. The summed E-state index contributed by atoms with van der Waals surface area (Å²) in [4.78, 5) is 0. The summed E-state index contributed by atoms with van der Waals surface area (Å²) >= 11 is 0. The predicted octanol–water partition coefficient (Wildman–Crippen LogP) is 2.53. The molecule has 2 rings (SSSR count). The highest BCUT2D eigenvalue weighted by Crippen LogP contribution is 2.18. The zero-order valence-corrected chi connectivity index (χ0v) is 10.3. The van der Waals surface area contributed by atoms with E-state index in [4.69, 9.17) is 4.74 Å². The molecule has 17 heavy (non-hydrogen) atoms. The number of ether oxygens (including phenoxy) is 1. The monoisotopic (exact) mass is 237 g/mol. The van der Waals surface area contributed by atoms with Crippen LogP contribution in [0.4, 0.5) is 4.39 Å². The summed E-state index contributed by atoms with van der Waals surface area (Å²) in [5.41, 5.74) is 1.17. The minimum atomic E-state index is -0.172. The lowest BCUT2D eigenvalue weighted by Gasteiger charge is -2.19. The highest BCUT2D eigenvalue weighted by molar-refractivity contribution is 5.17. The summed E-state index contributed by atoms with van der Waals surface area (Å²) in [5.74, 6) is -0.172. The second kappa shape index (κ2) is 6.12. The van der Waals surface area contributed by atoms with E-state index in [0.29, 0.717) is 12.1 Å². The lowest BCUT2D eigenvalue weighted by molar-refractivity contribution is 0.0954. The van der Waals surface area contributed by atoms with Crippen molar-refractivity contribution >= 4 is 0 Å². The Morgan fingerprint density at radius 3 is 2.76 bits per heavy atom. The summed E-state index contributed by atoms with van der Waals surface area (Å²) in [6.45, 7) is 0.900. The Labute approximate surface area is 102 Å². The van der Waals surface area contributed by atoms with Crippen LogP contribution in [0.15, 0.2) is 24.3 Å². The fourth-order valence-electron chi connectivity index (χ4n) is 2.36. The van der Waals surface area contributed by atoms with E-state index < -0.39 is 0 Å². The van der Waals surface area contributed by atoms with Gasteiger partial charge in [-0.15, -0.1) is 0 Å². The molecule has 0 spiro atoms. The van der Waals surface area contributed by atoms with Crippen molar-refractivity contribution in [2.45, 2.75) is 37.8 Å². The molecule has 1 saturated heterocycles.